The summed E-state index contributed by atoms with van der Waals surface area (Å²) in [6.07, 6.45) is 5.94. The lowest BCUT2D eigenvalue weighted by Gasteiger charge is -2.29. The molecule has 3 nitrogen and oxygen atoms in total. The summed E-state index contributed by atoms with van der Waals surface area (Å²) in [6.45, 7) is 6.52. The molecule has 16 heavy (non-hydrogen) atoms. The van der Waals surface area contributed by atoms with Gasteiger partial charge in [-0.15, -0.1) is 0 Å². The lowest BCUT2D eigenvalue weighted by atomic mass is 9.86. The van der Waals surface area contributed by atoms with Crippen molar-refractivity contribution in [1.29, 1.82) is 0 Å². The van der Waals surface area contributed by atoms with Gasteiger partial charge in [0.05, 0.1) is 5.41 Å². The van der Waals surface area contributed by atoms with Crippen molar-refractivity contribution in [3.8, 4) is 0 Å². The molecule has 1 fully saturated rings. The van der Waals surface area contributed by atoms with Crippen molar-refractivity contribution in [3.05, 3.63) is 0 Å². The monoisotopic (exact) mass is 226 g/mol. The molecular formula is C13H26N2O. The molecule has 0 bridgehead atoms. The Morgan fingerprint density at radius 1 is 1.50 bits per heavy atom. The normalized spacial score (nSPS) is 22.8. The number of carbonyl (C=O) groups is 1. The first-order valence-electron chi connectivity index (χ1n) is 6.54. The lowest BCUT2D eigenvalue weighted by molar-refractivity contribution is -0.130. The molecule has 0 spiro atoms. The van der Waals surface area contributed by atoms with Gasteiger partial charge in [-0.25, -0.2) is 0 Å². The third-order valence-electron chi connectivity index (χ3n) is 4.24. The van der Waals surface area contributed by atoms with Crippen LogP contribution in [-0.2, 0) is 4.79 Å². The van der Waals surface area contributed by atoms with E-state index in [0.717, 1.165) is 6.42 Å². The fraction of sp³-hybridized carbons (Fsp3) is 0.923. The standard InChI is InChI=1S/C13H26N2O/c1-4-13(3,9-14)12(16)15-10(2)11-7-5-6-8-11/h10-11H,4-9,14H2,1-3H3,(H,15,16)/t10-,13?/m1/s1. The first kappa shape index (κ1) is 13.5. The molecule has 0 aromatic rings. The van der Waals surface area contributed by atoms with E-state index in [0.29, 0.717) is 18.5 Å². The zero-order chi connectivity index (χ0) is 12.2. The van der Waals surface area contributed by atoms with Crippen LogP contribution < -0.4 is 11.1 Å². The quantitative estimate of drug-likeness (QED) is 0.754. The van der Waals surface area contributed by atoms with Crippen molar-refractivity contribution < 1.29 is 4.79 Å². The summed E-state index contributed by atoms with van der Waals surface area (Å²) in [4.78, 5) is 12.1. The molecule has 1 aliphatic carbocycles. The second-order valence-electron chi connectivity index (χ2n) is 5.43. The van der Waals surface area contributed by atoms with Crippen LogP contribution in [-0.4, -0.2) is 18.5 Å². The summed E-state index contributed by atoms with van der Waals surface area (Å²) in [7, 11) is 0. The summed E-state index contributed by atoms with van der Waals surface area (Å²) in [5, 5.41) is 3.15. The molecule has 2 atom stereocenters. The number of hydrogen-bond acceptors (Lipinski definition) is 2. The minimum absolute atomic E-state index is 0.122. The predicted octanol–water partition coefficient (Wildman–Crippen LogP) is 2.06. The highest BCUT2D eigenvalue weighted by Gasteiger charge is 2.32. The maximum Gasteiger partial charge on any atom is 0.227 e. The topological polar surface area (TPSA) is 55.1 Å². The molecule has 0 aliphatic heterocycles. The SMILES string of the molecule is CCC(C)(CN)C(=O)N[C@H](C)C1CCCC1. The first-order valence-corrected chi connectivity index (χ1v) is 6.54. The van der Waals surface area contributed by atoms with Crippen LogP contribution in [0.25, 0.3) is 0 Å². The van der Waals surface area contributed by atoms with Crippen LogP contribution in [0, 0.1) is 11.3 Å². The predicted molar refractivity (Wildman–Crippen MR) is 67.0 cm³/mol. The van der Waals surface area contributed by atoms with Crippen molar-refractivity contribution in [2.75, 3.05) is 6.54 Å². The molecule has 3 heteroatoms. The number of nitrogens with one attached hydrogen (secondary N) is 1. The zero-order valence-electron chi connectivity index (χ0n) is 10.9. The highest BCUT2D eigenvalue weighted by Crippen LogP contribution is 2.28. The summed E-state index contributed by atoms with van der Waals surface area (Å²) in [5.41, 5.74) is 5.29. The number of hydrogen-bond donors (Lipinski definition) is 2. The Morgan fingerprint density at radius 3 is 2.50 bits per heavy atom. The van der Waals surface area contributed by atoms with Crippen LogP contribution >= 0.6 is 0 Å². The van der Waals surface area contributed by atoms with Gasteiger partial charge < -0.3 is 11.1 Å². The van der Waals surface area contributed by atoms with Crippen LogP contribution in [0.4, 0.5) is 0 Å². The molecule has 3 N–H and O–H groups in total. The Bertz CT molecular complexity index is 230. The van der Waals surface area contributed by atoms with Crippen LogP contribution in [0.1, 0.15) is 52.9 Å². The fourth-order valence-corrected chi connectivity index (χ4v) is 2.35. The van der Waals surface area contributed by atoms with E-state index < -0.39 is 5.41 Å². The Morgan fingerprint density at radius 2 is 2.06 bits per heavy atom. The zero-order valence-corrected chi connectivity index (χ0v) is 10.9. The molecule has 0 heterocycles. The molecule has 0 saturated heterocycles. The van der Waals surface area contributed by atoms with Gasteiger partial charge in [-0.1, -0.05) is 19.8 Å². The van der Waals surface area contributed by atoms with Crippen LogP contribution in [0.5, 0.6) is 0 Å². The molecule has 0 radical (unpaired) electrons. The minimum atomic E-state index is -0.396. The van der Waals surface area contributed by atoms with Crippen LogP contribution in [0.15, 0.2) is 0 Å². The highest BCUT2D eigenvalue weighted by atomic mass is 16.2. The van der Waals surface area contributed by atoms with E-state index in [-0.39, 0.29) is 5.91 Å². The summed E-state index contributed by atoms with van der Waals surface area (Å²) in [6, 6.07) is 0.299. The van der Waals surface area contributed by atoms with Crippen LogP contribution in [0.3, 0.4) is 0 Å². The van der Waals surface area contributed by atoms with E-state index >= 15 is 0 Å². The van der Waals surface area contributed by atoms with E-state index in [2.05, 4.69) is 12.2 Å². The fourth-order valence-electron chi connectivity index (χ4n) is 2.35. The van der Waals surface area contributed by atoms with E-state index in [1.165, 1.54) is 25.7 Å². The maximum atomic E-state index is 12.1. The molecule has 0 aromatic carbocycles. The Kier molecular flexibility index (Phi) is 4.78. The minimum Gasteiger partial charge on any atom is -0.353 e. The Labute approximate surface area is 99.2 Å². The van der Waals surface area contributed by atoms with Gasteiger partial charge >= 0.3 is 0 Å². The summed E-state index contributed by atoms with van der Waals surface area (Å²) < 4.78 is 0. The third kappa shape index (κ3) is 2.97. The number of carbonyl (C=O) groups excluding carboxylic acids is 1. The van der Waals surface area contributed by atoms with Crippen molar-refractivity contribution >= 4 is 5.91 Å². The highest BCUT2D eigenvalue weighted by molar-refractivity contribution is 5.82. The molecule has 1 aliphatic rings. The van der Waals surface area contributed by atoms with Gasteiger partial charge in [0.1, 0.15) is 0 Å². The molecule has 94 valence electrons. The van der Waals surface area contributed by atoms with Gasteiger partial charge in [-0.2, -0.15) is 0 Å². The van der Waals surface area contributed by atoms with Gasteiger partial charge in [0.2, 0.25) is 5.91 Å². The Hall–Kier alpha value is -0.570. The van der Waals surface area contributed by atoms with Gasteiger partial charge in [0, 0.05) is 12.6 Å². The second kappa shape index (κ2) is 5.67. The van der Waals surface area contributed by atoms with E-state index in [1.54, 1.807) is 0 Å². The first-order chi connectivity index (χ1) is 7.53. The second-order valence-corrected chi connectivity index (χ2v) is 5.43. The number of rotatable bonds is 5. The van der Waals surface area contributed by atoms with E-state index in [4.69, 9.17) is 5.73 Å². The smallest absolute Gasteiger partial charge is 0.227 e. The number of amides is 1. The Balaban J connectivity index is 2.49. The van der Waals surface area contributed by atoms with Crippen LogP contribution in [0.2, 0.25) is 0 Å². The van der Waals surface area contributed by atoms with E-state index in [1.807, 2.05) is 13.8 Å². The summed E-state index contributed by atoms with van der Waals surface area (Å²) in [5.74, 6) is 0.791. The lowest BCUT2D eigenvalue weighted by Crippen LogP contribution is -2.48. The van der Waals surface area contributed by atoms with E-state index in [9.17, 15) is 4.79 Å². The van der Waals surface area contributed by atoms with Gasteiger partial charge in [0.15, 0.2) is 0 Å². The average Bonchev–Trinajstić information content (AvgIpc) is 2.81. The maximum absolute atomic E-state index is 12.1. The molecular weight excluding hydrogens is 200 g/mol. The average molecular weight is 226 g/mol. The molecule has 0 aromatic heterocycles. The third-order valence-corrected chi connectivity index (χ3v) is 4.24. The number of nitrogens with two attached hydrogens (primary N) is 1. The summed E-state index contributed by atoms with van der Waals surface area (Å²) >= 11 is 0. The van der Waals surface area contributed by atoms with Gasteiger partial charge in [-0.05, 0) is 39.0 Å². The molecule has 1 amide bonds. The molecule has 1 unspecified atom stereocenters. The van der Waals surface area contributed by atoms with Gasteiger partial charge in [0.25, 0.3) is 0 Å². The van der Waals surface area contributed by atoms with Crippen molar-refractivity contribution in [2.45, 2.75) is 58.9 Å². The van der Waals surface area contributed by atoms with Crippen molar-refractivity contribution in [1.82, 2.24) is 5.32 Å². The molecule has 1 rings (SSSR count). The van der Waals surface area contributed by atoms with Crippen molar-refractivity contribution in [2.24, 2.45) is 17.1 Å². The van der Waals surface area contributed by atoms with Crippen molar-refractivity contribution in [3.63, 3.8) is 0 Å². The molecule has 1 saturated carbocycles. The van der Waals surface area contributed by atoms with Gasteiger partial charge in [-0.3, -0.25) is 4.79 Å². The largest absolute Gasteiger partial charge is 0.353 e.